The Hall–Kier alpha value is -1.07. The van der Waals surface area contributed by atoms with Crippen molar-refractivity contribution in [3.8, 4) is 0 Å². The van der Waals surface area contributed by atoms with Gasteiger partial charge in [0.15, 0.2) is 0 Å². The van der Waals surface area contributed by atoms with Crippen LogP contribution in [-0.2, 0) is 0 Å². The van der Waals surface area contributed by atoms with Crippen molar-refractivity contribution in [1.29, 1.82) is 0 Å². The molecular weight excluding hydrogens is 158 g/mol. The average molecular weight is 175 g/mol. The number of aliphatic imine (C=N–C) groups is 1. The first-order valence-corrected chi connectivity index (χ1v) is 4.81. The monoisotopic (exact) mass is 175 g/mol. The summed E-state index contributed by atoms with van der Waals surface area (Å²) in [5.41, 5.74) is 5.70. The quantitative estimate of drug-likeness (QED) is 0.571. The maximum absolute atomic E-state index is 4.16. The highest BCUT2D eigenvalue weighted by Crippen LogP contribution is 2.17. The maximum atomic E-state index is 4.16. The molecule has 1 rings (SSSR count). The molecule has 0 amide bonds. The third kappa shape index (κ3) is 2.71. The predicted octanol–water partition coefficient (Wildman–Crippen LogP) is 3.35. The molecule has 0 aromatic carbocycles. The van der Waals surface area contributed by atoms with Gasteiger partial charge in [-0.25, -0.2) is 0 Å². The normalized spacial score (nSPS) is 16.2. The van der Waals surface area contributed by atoms with Gasteiger partial charge < -0.3 is 0 Å². The molecule has 0 bridgehead atoms. The molecule has 0 aromatic rings. The molecule has 0 spiro atoms. The van der Waals surface area contributed by atoms with Gasteiger partial charge in [0.25, 0.3) is 0 Å². The number of nitrogens with zero attached hydrogens (tertiary/aromatic N) is 1. The van der Waals surface area contributed by atoms with E-state index in [1.807, 2.05) is 6.21 Å². The summed E-state index contributed by atoms with van der Waals surface area (Å²) in [5, 5.41) is 0. The summed E-state index contributed by atoms with van der Waals surface area (Å²) in [4.78, 5) is 4.16. The Bertz CT molecular complexity index is 297. The standard InChI is InChI=1S/C12H17N/c1-9(2)11-5-6-13-8-12(7-11)10(3)4/h6-10H,1-4H3. The molecule has 1 nitrogen and oxygen atoms in total. The minimum atomic E-state index is 0.520. The lowest BCUT2D eigenvalue weighted by molar-refractivity contribution is 0.774. The van der Waals surface area contributed by atoms with E-state index >= 15 is 0 Å². The lowest BCUT2D eigenvalue weighted by atomic mass is 9.97. The van der Waals surface area contributed by atoms with E-state index in [4.69, 9.17) is 0 Å². The highest BCUT2D eigenvalue weighted by atomic mass is 14.7. The van der Waals surface area contributed by atoms with E-state index in [1.165, 1.54) is 11.1 Å². The second kappa shape index (κ2) is 4.25. The van der Waals surface area contributed by atoms with E-state index in [-0.39, 0.29) is 0 Å². The summed E-state index contributed by atoms with van der Waals surface area (Å²) < 4.78 is 0. The van der Waals surface area contributed by atoms with E-state index in [9.17, 15) is 0 Å². The fraction of sp³-hybridized carbons (Fsp3) is 0.500. The number of rotatable bonds is 2. The Morgan fingerprint density at radius 2 is 1.85 bits per heavy atom. The van der Waals surface area contributed by atoms with Crippen LogP contribution in [-0.4, -0.2) is 6.21 Å². The van der Waals surface area contributed by atoms with Gasteiger partial charge in [0.1, 0.15) is 0 Å². The van der Waals surface area contributed by atoms with E-state index in [2.05, 4.69) is 44.5 Å². The molecule has 0 aromatic heterocycles. The Labute approximate surface area is 80.6 Å². The molecular formula is C12H17N. The maximum Gasteiger partial charge on any atom is 0.0689 e. The van der Waals surface area contributed by atoms with Gasteiger partial charge in [-0.15, -0.1) is 0 Å². The summed E-state index contributed by atoms with van der Waals surface area (Å²) in [6.07, 6.45) is 5.87. The fourth-order valence-electron chi connectivity index (χ4n) is 1.14. The van der Waals surface area contributed by atoms with Gasteiger partial charge >= 0.3 is 0 Å². The van der Waals surface area contributed by atoms with Crippen molar-refractivity contribution in [2.45, 2.75) is 27.7 Å². The topological polar surface area (TPSA) is 12.4 Å². The fourth-order valence-corrected chi connectivity index (χ4v) is 1.14. The summed E-state index contributed by atoms with van der Waals surface area (Å²) in [7, 11) is 0. The molecule has 1 heteroatoms. The van der Waals surface area contributed by atoms with E-state index < -0.39 is 0 Å². The second-order valence-corrected chi connectivity index (χ2v) is 3.96. The van der Waals surface area contributed by atoms with Crippen molar-refractivity contribution in [2.24, 2.45) is 16.8 Å². The van der Waals surface area contributed by atoms with E-state index in [1.54, 1.807) is 6.20 Å². The van der Waals surface area contributed by atoms with Gasteiger partial charge in [-0.05, 0) is 29.1 Å². The van der Waals surface area contributed by atoms with Crippen LogP contribution in [0.3, 0.4) is 0 Å². The van der Waals surface area contributed by atoms with Gasteiger partial charge in [-0.1, -0.05) is 33.4 Å². The zero-order valence-electron chi connectivity index (χ0n) is 8.83. The highest BCUT2D eigenvalue weighted by molar-refractivity contribution is 5.80. The minimum absolute atomic E-state index is 0.520. The lowest BCUT2D eigenvalue weighted by Crippen LogP contribution is -1.97. The van der Waals surface area contributed by atoms with Crippen molar-refractivity contribution in [3.63, 3.8) is 0 Å². The molecule has 0 saturated carbocycles. The lowest BCUT2D eigenvalue weighted by Gasteiger charge is -2.07. The van der Waals surface area contributed by atoms with E-state index in [0.717, 1.165) is 0 Å². The molecule has 0 saturated heterocycles. The Balaban J connectivity index is 2.99. The molecule has 1 aliphatic heterocycles. The first-order valence-electron chi connectivity index (χ1n) is 4.81. The van der Waals surface area contributed by atoms with Gasteiger partial charge in [-0.2, -0.15) is 0 Å². The molecule has 0 N–H and O–H groups in total. The Morgan fingerprint density at radius 3 is 2.38 bits per heavy atom. The van der Waals surface area contributed by atoms with Crippen LogP contribution < -0.4 is 0 Å². The summed E-state index contributed by atoms with van der Waals surface area (Å²) in [5.74, 6) is 1.05. The molecule has 70 valence electrons. The number of allylic oxidation sites excluding steroid dienone is 3. The van der Waals surface area contributed by atoms with Crippen LogP contribution >= 0.6 is 0 Å². The molecule has 0 atom stereocenters. The summed E-state index contributed by atoms with van der Waals surface area (Å²) >= 11 is 0. The summed E-state index contributed by atoms with van der Waals surface area (Å²) in [6, 6.07) is 0. The van der Waals surface area contributed by atoms with Crippen LogP contribution in [0.4, 0.5) is 0 Å². The van der Waals surface area contributed by atoms with Crippen LogP contribution in [0.2, 0.25) is 0 Å². The van der Waals surface area contributed by atoms with Crippen molar-refractivity contribution < 1.29 is 0 Å². The molecule has 1 aliphatic rings. The Kier molecular flexibility index (Phi) is 3.27. The van der Waals surface area contributed by atoms with Crippen LogP contribution in [0.1, 0.15) is 27.7 Å². The molecule has 0 fully saturated rings. The SMILES string of the molecule is CC(C)C1=C=CN=CC(C(C)C)=C1. The average Bonchev–Trinajstić information content (AvgIpc) is 2.28. The molecule has 1 heterocycles. The molecule has 0 aliphatic carbocycles. The first kappa shape index (κ1) is 10.0. The summed E-state index contributed by atoms with van der Waals surface area (Å²) in [6.45, 7) is 8.72. The van der Waals surface area contributed by atoms with Gasteiger partial charge in [0.05, 0.1) is 6.20 Å². The zero-order chi connectivity index (χ0) is 9.84. The van der Waals surface area contributed by atoms with Crippen molar-refractivity contribution in [1.82, 2.24) is 0 Å². The third-order valence-electron chi connectivity index (χ3n) is 2.14. The highest BCUT2D eigenvalue weighted by Gasteiger charge is 2.05. The van der Waals surface area contributed by atoms with Crippen LogP contribution in [0.5, 0.6) is 0 Å². The Morgan fingerprint density at radius 1 is 1.15 bits per heavy atom. The molecule has 13 heavy (non-hydrogen) atoms. The second-order valence-electron chi connectivity index (χ2n) is 3.96. The van der Waals surface area contributed by atoms with E-state index in [0.29, 0.717) is 11.8 Å². The predicted molar refractivity (Wildman–Crippen MR) is 57.8 cm³/mol. The van der Waals surface area contributed by atoms with Crippen LogP contribution in [0, 0.1) is 11.8 Å². The van der Waals surface area contributed by atoms with Crippen molar-refractivity contribution >= 4 is 6.21 Å². The smallest absolute Gasteiger partial charge is 0.0689 e. The van der Waals surface area contributed by atoms with Gasteiger partial charge in [-0.3, -0.25) is 4.99 Å². The van der Waals surface area contributed by atoms with Gasteiger partial charge in [0.2, 0.25) is 0 Å². The van der Waals surface area contributed by atoms with Gasteiger partial charge in [0, 0.05) is 6.21 Å². The third-order valence-corrected chi connectivity index (χ3v) is 2.14. The largest absolute Gasteiger partial charge is 0.256 e. The number of hydrogen-bond acceptors (Lipinski definition) is 1. The van der Waals surface area contributed by atoms with Crippen molar-refractivity contribution in [2.75, 3.05) is 0 Å². The zero-order valence-corrected chi connectivity index (χ0v) is 8.83. The van der Waals surface area contributed by atoms with Crippen LogP contribution in [0.25, 0.3) is 0 Å². The molecule has 0 unspecified atom stereocenters. The first-order chi connectivity index (χ1) is 6.11. The number of hydrogen-bond donors (Lipinski definition) is 0. The van der Waals surface area contributed by atoms with Crippen LogP contribution in [0.15, 0.2) is 34.1 Å². The minimum Gasteiger partial charge on any atom is -0.256 e. The van der Waals surface area contributed by atoms with Crippen molar-refractivity contribution in [3.05, 3.63) is 29.2 Å². The molecule has 0 radical (unpaired) electrons.